The SMILES string of the molecule is CNC(C(=O)NCCc1c(C)cccc1C)c1cnn(C)c1. The van der Waals surface area contributed by atoms with Gasteiger partial charge in [0, 0.05) is 25.4 Å². The smallest absolute Gasteiger partial charge is 0.241 e. The van der Waals surface area contributed by atoms with E-state index in [9.17, 15) is 4.79 Å². The molecular weight excluding hydrogens is 276 g/mol. The Bertz CT molecular complexity index is 628. The fraction of sp³-hybridized carbons (Fsp3) is 0.412. The van der Waals surface area contributed by atoms with Crippen molar-refractivity contribution in [3.05, 3.63) is 52.8 Å². The van der Waals surface area contributed by atoms with Crippen LogP contribution in [0.1, 0.15) is 28.3 Å². The summed E-state index contributed by atoms with van der Waals surface area (Å²) in [5.74, 6) is -0.0262. The van der Waals surface area contributed by atoms with Crippen molar-refractivity contribution in [1.29, 1.82) is 0 Å². The molecule has 2 rings (SSSR count). The van der Waals surface area contributed by atoms with Crippen LogP contribution in [0.2, 0.25) is 0 Å². The van der Waals surface area contributed by atoms with Crippen molar-refractivity contribution in [2.24, 2.45) is 7.05 Å². The molecule has 118 valence electrons. The lowest BCUT2D eigenvalue weighted by Gasteiger charge is -2.15. The number of aromatic nitrogens is 2. The van der Waals surface area contributed by atoms with E-state index in [1.165, 1.54) is 16.7 Å². The number of nitrogens with one attached hydrogen (secondary N) is 2. The Kier molecular flexibility index (Phi) is 5.33. The van der Waals surface area contributed by atoms with Gasteiger partial charge in [-0.2, -0.15) is 5.10 Å². The normalized spacial score (nSPS) is 12.2. The van der Waals surface area contributed by atoms with E-state index in [1.807, 2.05) is 13.2 Å². The fourth-order valence-electron chi connectivity index (χ4n) is 2.69. The maximum Gasteiger partial charge on any atom is 0.241 e. The van der Waals surface area contributed by atoms with Crippen LogP contribution in [-0.4, -0.2) is 29.3 Å². The van der Waals surface area contributed by atoms with Gasteiger partial charge in [-0.25, -0.2) is 0 Å². The van der Waals surface area contributed by atoms with Crippen LogP contribution in [0.5, 0.6) is 0 Å². The Balaban J connectivity index is 1.94. The Morgan fingerprint density at radius 2 is 2.00 bits per heavy atom. The minimum Gasteiger partial charge on any atom is -0.354 e. The molecule has 1 atom stereocenters. The minimum atomic E-state index is -0.369. The topological polar surface area (TPSA) is 59.0 Å². The summed E-state index contributed by atoms with van der Waals surface area (Å²) in [5.41, 5.74) is 4.72. The van der Waals surface area contributed by atoms with E-state index in [0.717, 1.165) is 12.0 Å². The third-order valence-electron chi connectivity index (χ3n) is 3.93. The van der Waals surface area contributed by atoms with Crippen molar-refractivity contribution in [2.75, 3.05) is 13.6 Å². The molecular formula is C17H24N4O. The van der Waals surface area contributed by atoms with Gasteiger partial charge in [0.15, 0.2) is 0 Å². The summed E-state index contributed by atoms with van der Waals surface area (Å²) in [5, 5.41) is 10.2. The number of hydrogen-bond acceptors (Lipinski definition) is 3. The molecule has 0 aliphatic heterocycles. The molecule has 5 heteroatoms. The summed E-state index contributed by atoms with van der Waals surface area (Å²) in [7, 11) is 3.62. The molecule has 0 saturated heterocycles. The maximum absolute atomic E-state index is 12.3. The lowest BCUT2D eigenvalue weighted by Crippen LogP contribution is -2.37. The highest BCUT2D eigenvalue weighted by atomic mass is 16.2. The van der Waals surface area contributed by atoms with Gasteiger partial charge in [-0.05, 0) is 44.0 Å². The summed E-state index contributed by atoms with van der Waals surface area (Å²) in [6.07, 6.45) is 4.41. The second-order valence-corrected chi connectivity index (χ2v) is 5.58. The van der Waals surface area contributed by atoms with Crippen molar-refractivity contribution in [1.82, 2.24) is 20.4 Å². The van der Waals surface area contributed by atoms with E-state index < -0.39 is 0 Å². The van der Waals surface area contributed by atoms with Crippen LogP contribution in [0.15, 0.2) is 30.6 Å². The summed E-state index contributed by atoms with van der Waals surface area (Å²) < 4.78 is 1.70. The van der Waals surface area contributed by atoms with Gasteiger partial charge in [-0.3, -0.25) is 9.48 Å². The minimum absolute atomic E-state index is 0.0262. The number of carbonyl (C=O) groups excluding carboxylic acids is 1. The molecule has 0 bridgehead atoms. The van der Waals surface area contributed by atoms with Crippen LogP contribution in [-0.2, 0) is 18.3 Å². The molecule has 0 aliphatic carbocycles. The summed E-state index contributed by atoms with van der Waals surface area (Å²) in [6, 6.07) is 5.91. The second kappa shape index (κ2) is 7.22. The van der Waals surface area contributed by atoms with Crippen molar-refractivity contribution in [3.8, 4) is 0 Å². The van der Waals surface area contributed by atoms with Crippen LogP contribution >= 0.6 is 0 Å². The van der Waals surface area contributed by atoms with Crippen LogP contribution in [0, 0.1) is 13.8 Å². The first-order chi connectivity index (χ1) is 10.5. The molecule has 1 aromatic carbocycles. The largest absolute Gasteiger partial charge is 0.354 e. The van der Waals surface area contributed by atoms with E-state index >= 15 is 0 Å². The Morgan fingerprint density at radius 1 is 1.32 bits per heavy atom. The number of carbonyl (C=O) groups is 1. The highest BCUT2D eigenvalue weighted by Crippen LogP contribution is 2.14. The van der Waals surface area contributed by atoms with Gasteiger partial charge < -0.3 is 10.6 Å². The fourth-order valence-corrected chi connectivity index (χ4v) is 2.69. The van der Waals surface area contributed by atoms with Gasteiger partial charge in [-0.1, -0.05) is 18.2 Å². The average molecular weight is 300 g/mol. The summed E-state index contributed by atoms with van der Waals surface area (Å²) in [4.78, 5) is 12.3. The standard InChI is InChI=1S/C17H24N4O/c1-12-6-5-7-13(2)15(12)8-9-19-17(22)16(18-3)14-10-20-21(4)11-14/h5-7,10-11,16,18H,8-9H2,1-4H3,(H,19,22). The van der Waals surface area contributed by atoms with Crippen LogP contribution < -0.4 is 10.6 Å². The molecule has 0 aliphatic rings. The van der Waals surface area contributed by atoms with Gasteiger partial charge in [0.1, 0.15) is 6.04 Å². The van der Waals surface area contributed by atoms with E-state index in [0.29, 0.717) is 6.54 Å². The number of benzene rings is 1. The van der Waals surface area contributed by atoms with Gasteiger partial charge in [-0.15, -0.1) is 0 Å². The van der Waals surface area contributed by atoms with Crippen molar-refractivity contribution < 1.29 is 4.79 Å². The van der Waals surface area contributed by atoms with Gasteiger partial charge >= 0.3 is 0 Å². The molecule has 0 radical (unpaired) electrons. The first-order valence-corrected chi connectivity index (χ1v) is 7.51. The van der Waals surface area contributed by atoms with Gasteiger partial charge in [0.05, 0.1) is 6.20 Å². The molecule has 1 heterocycles. The molecule has 1 unspecified atom stereocenters. The first kappa shape index (κ1) is 16.2. The highest BCUT2D eigenvalue weighted by Gasteiger charge is 2.19. The third kappa shape index (κ3) is 3.74. The van der Waals surface area contributed by atoms with Crippen molar-refractivity contribution >= 4 is 5.91 Å². The van der Waals surface area contributed by atoms with E-state index in [2.05, 4.69) is 47.8 Å². The predicted molar refractivity (Wildman–Crippen MR) is 87.6 cm³/mol. The second-order valence-electron chi connectivity index (χ2n) is 5.58. The molecule has 0 saturated carbocycles. The third-order valence-corrected chi connectivity index (χ3v) is 3.93. The summed E-state index contributed by atoms with van der Waals surface area (Å²) >= 11 is 0. The van der Waals surface area contributed by atoms with E-state index in [4.69, 9.17) is 0 Å². The maximum atomic E-state index is 12.3. The number of likely N-dealkylation sites (N-methyl/N-ethyl adjacent to an activating group) is 1. The quantitative estimate of drug-likeness (QED) is 0.853. The predicted octanol–water partition coefficient (Wildman–Crippen LogP) is 1.66. The monoisotopic (exact) mass is 300 g/mol. The average Bonchev–Trinajstić information content (AvgIpc) is 2.89. The lowest BCUT2D eigenvalue weighted by atomic mass is 10.00. The van der Waals surface area contributed by atoms with Crippen molar-refractivity contribution in [2.45, 2.75) is 26.3 Å². The van der Waals surface area contributed by atoms with Gasteiger partial charge in [0.2, 0.25) is 5.91 Å². The van der Waals surface area contributed by atoms with E-state index in [1.54, 1.807) is 17.9 Å². The molecule has 2 aromatic rings. The number of amides is 1. The molecule has 2 N–H and O–H groups in total. The molecule has 5 nitrogen and oxygen atoms in total. The Labute approximate surface area is 131 Å². The van der Waals surface area contributed by atoms with Crippen molar-refractivity contribution in [3.63, 3.8) is 0 Å². The van der Waals surface area contributed by atoms with Crippen LogP contribution in [0.3, 0.4) is 0 Å². The lowest BCUT2D eigenvalue weighted by molar-refractivity contribution is -0.123. The molecule has 1 aromatic heterocycles. The zero-order chi connectivity index (χ0) is 16.1. The highest BCUT2D eigenvalue weighted by molar-refractivity contribution is 5.83. The molecule has 0 fully saturated rings. The Hall–Kier alpha value is -2.14. The zero-order valence-electron chi connectivity index (χ0n) is 13.7. The summed E-state index contributed by atoms with van der Waals surface area (Å²) in [6.45, 7) is 4.84. The van der Waals surface area contributed by atoms with Crippen LogP contribution in [0.25, 0.3) is 0 Å². The van der Waals surface area contributed by atoms with E-state index in [-0.39, 0.29) is 11.9 Å². The molecule has 0 spiro atoms. The number of nitrogens with zero attached hydrogens (tertiary/aromatic N) is 2. The Morgan fingerprint density at radius 3 is 2.55 bits per heavy atom. The molecule has 22 heavy (non-hydrogen) atoms. The first-order valence-electron chi connectivity index (χ1n) is 7.51. The van der Waals surface area contributed by atoms with Gasteiger partial charge in [0.25, 0.3) is 0 Å². The van der Waals surface area contributed by atoms with Crippen LogP contribution in [0.4, 0.5) is 0 Å². The zero-order valence-corrected chi connectivity index (χ0v) is 13.7. The number of hydrogen-bond donors (Lipinski definition) is 2. The number of rotatable bonds is 6. The number of aryl methyl sites for hydroxylation is 3. The molecule has 1 amide bonds.